The molecule has 146 valence electrons. The molecular weight excluding hydrogens is 358 g/mol. The first-order chi connectivity index (χ1) is 13.3. The Labute approximate surface area is 163 Å². The van der Waals surface area contributed by atoms with Crippen molar-refractivity contribution in [2.75, 3.05) is 20.1 Å². The summed E-state index contributed by atoms with van der Waals surface area (Å²) < 4.78 is 1.85. The summed E-state index contributed by atoms with van der Waals surface area (Å²) in [4.78, 5) is 39.9. The third kappa shape index (κ3) is 2.85. The molecule has 2 fully saturated rings. The van der Waals surface area contributed by atoms with Crippen molar-refractivity contribution in [3.8, 4) is 5.69 Å². The molecule has 1 N–H and O–H groups in total. The fourth-order valence-corrected chi connectivity index (χ4v) is 4.00. The second kappa shape index (κ2) is 6.47. The topological polar surface area (TPSA) is 87.5 Å². The highest BCUT2D eigenvalue weighted by atomic mass is 16.2. The maximum Gasteiger partial charge on any atom is 0.324 e. The summed E-state index contributed by atoms with van der Waals surface area (Å²) in [6.07, 6.45) is 0.856. The zero-order valence-electron chi connectivity index (χ0n) is 16.2. The number of amides is 4. The molecule has 0 radical (unpaired) electrons. The summed E-state index contributed by atoms with van der Waals surface area (Å²) in [5, 5.41) is 7.25. The van der Waals surface area contributed by atoms with Gasteiger partial charge in [-0.2, -0.15) is 5.10 Å². The summed E-state index contributed by atoms with van der Waals surface area (Å²) in [5.74, 6) is -0.279. The monoisotopic (exact) mass is 381 g/mol. The highest BCUT2D eigenvalue weighted by molar-refractivity contribution is 6.07. The number of carbonyl (C=O) groups is 3. The van der Waals surface area contributed by atoms with Gasteiger partial charge in [0.1, 0.15) is 5.54 Å². The second-order valence-electron chi connectivity index (χ2n) is 7.55. The number of piperidine rings is 1. The van der Waals surface area contributed by atoms with E-state index in [4.69, 9.17) is 0 Å². The number of aryl methyl sites for hydroxylation is 2. The summed E-state index contributed by atoms with van der Waals surface area (Å²) in [6.45, 7) is 4.79. The zero-order chi connectivity index (χ0) is 20.1. The van der Waals surface area contributed by atoms with Gasteiger partial charge < -0.3 is 10.2 Å². The Bertz CT molecular complexity index is 955. The molecule has 1 aromatic heterocycles. The molecule has 0 unspecified atom stereocenters. The lowest BCUT2D eigenvalue weighted by atomic mass is 9.87. The van der Waals surface area contributed by atoms with E-state index >= 15 is 0 Å². The first-order valence-corrected chi connectivity index (χ1v) is 9.34. The smallest absolute Gasteiger partial charge is 0.324 e. The van der Waals surface area contributed by atoms with Gasteiger partial charge in [-0.15, -0.1) is 0 Å². The van der Waals surface area contributed by atoms with Gasteiger partial charge in [0, 0.05) is 31.4 Å². The number of urea groups is 1. The maximum atomic E-state index is 12.9. The Hall–Kier alpha value is -3.16. The number of carbonyl (C=O) groups excluding carboxylic acids is 3. The van der Waals surface area contributed by atoms with Gasteiger partial charge in [-0.3, -0.25) is 14.5 Å². The Morgan fingerprint density at radius 1 is 1.11 bits per heavy atom. The fraction of sp³-hybridized carbons (Fsp3) is 0.400. The lowest BCUT2D eigenvalue weighted by Crippen LogP contribution is -2.55. The molecule has 2 aliphatic rings. The fourth-order valence-electron chi connectivity index (χ4n) is 4.00. The lowest BCUT2D eigenvalue weighted by Gasteiger charge is -2.37. The van der Waals surface area contributed by atoms with E-state index in [9.17, 15) is 14.4 Å². The van der Waals surface area contributed by atoms with Gasteiger partial charge in [0.25, 0.3) is 11.8 Å². The quantitative estimate of drug-likeness (QED) is 0.801. The Morgan fingerprint density at radius 3 is 2.25 bits per heavy atom. The van der Waals surface area contributed by atoms with Crippen molar-refractivity contribution in [1.29, 1.82) is 0 Å². The molecule has 1 spiro atoms. The number of hydrogen-bond donors (Lipinski definition) is 1. The summed E-state index contributed by atoms with van der Waals surface area (Å²) in [5.41, 5.74) is 2.62. The van der Waals surface area contributed by atoms with E-state index in [1.807, 2.05) is 36.7 Å². The van der Waals surface area contributed by atoms with E-state index in [-0.39, 0.29) is 17.8 Å². The van der Waals surface area contributed by atoms with E-state index in [1.54, 1.807) is 17.0 Å². The third-order valence-electron chi connectivity index (χ3n) is 5.64. The molecule has 0 atom stereocenters. The predicted molar refractivity (Wildman–Crippen MR) is 102 cm³/mol. The number of likely N-dealkylation sites (tertiary alicyclic amines) is 1. The van der Waals surface area contributed by atoms with Gasteiger partial charge in [-0.05, 0) is 57.0 Å². The van der Waals surface area contributed by atoms with Crippen LogP contribution in [0.1, 0.15) is 34.6 Å². The van der Waals surface area contributed by atoms with Crippen LogP contribution in [-0.4, -0.2) is 63.1 Å². The summed E-state index contributed by atoms with van der Waals surface area (Å²) in [7, 11) is 1.48. The molecule has 0 bridgehead atoms. The van der Waals surface area contributed by atoms with Crippen molar-refractivity contribution in [3.05, 3.63) is 47.3 Å². The van der Waals surface area contributed by atoms with E-state index in [2.05, 4.69) is 10.4 Å². The molecule has 3 heterocycles. The van der Waals surface area contributed by atoms with Crippen LogP contribution in [0, 0.1) is 13.8 Å². The van der Waals surface area contributed by atoms with Crippen molar-refractivity contribution in [2.24, 2.45) is 0 Å². The highest BCUT2D eigenvalue weighted by Crippen LogP contribution is 2.29. The van der Waals surface area contributed by atoms with E-state index in [1.165, 1.54) is 7.05 Å². The number of imide groups is 1. The molecule has 2 aromatic rings. The first-order valence-electron chi connectivity index (χ1n) is 9.34. The molecule has 0 saturated carbocycles. The number of benzene rings is 1. The zero-order valence-corrected chi connectivity index (χ0v) is 16.2. The molecular formula is C20H23N5O3. The molecule has 2 aliphatic heterocycles. The minimum absolute atomic E-state index is 0.0695. The normalized spacial score (nSPS) is 18.7. The Balaban J connectivity index is 1.45. The van der Waals surface area contributed by atoms with Gasteiger partial charge in [0.2, 0.25) is 0 Å². The third-order valence-corrected chi connectivity index (χ3v) is 5.64. The SMILES string of the molecule is Cc1cc(C)n(-c2ccc(C(=O)N3CCC4(CC3)NC(=O)N(C)C4=O)cc2)n1. The summed E-state index contributed by atoms with van der Waals surface area (Å²) in [6, 6.07) is 9.00. The van der Waals surface area contributed by atoms with Crippen LogP contribution in [-0.2, 0) is 4.79 Å². The van der Waals surface area contributed by atoms with Crippen molar-refractivity contribution in [1.82, 2.24) is 24.9 Å². The molecule has 8 nitrogen and oxygen atoms in total. The predicted octanol–water partition coefficient (Wildman–Crippen LogP) is 1.65. The maximum absolute atomic E-state index is 12.9. The molecule has 8 heteroatoms. The Kier molecular flexibility index (Phi) is 4.21. The number of nitrogens with zero attached hydrogens (tertiary/aromatic N) is 4. The van der Waals surface area contributed by atoms with Gasteiger partial charge in [0.15, 0.2) is 0 Å². The largest absolute Gasteiger partial charge is 0.338 e. The van der Waals surface area contributed by atoms with Gasteiger partial charge in [0.05, 0.1) is 11.4 Å². The number of rotatable bonds is 2. The van der Waals surface area contributed by atoms with E-state index < -0.39 is 5.54 Å². The van der Waals surface area contributed by atoms with Crippen LogP contribution in [0.5, 0.6) is 0 Å². The van der Waals surface area contributed by atoms with Crippen LogP contribution in [0.15, 0.2) is 30.3 Å². The van der Waals surface area contributed by atoms with Crippen LogP contribution >= 0.6 is 0 Å². The van der Waals surface area contributed by atoms with Gasteiger partial charge in [-0.25, -0.2) is 9.48 Å². The minimum Gasteiger partial charge on any atom is -0.338 e. The number of aromatic nitrogens is 2. The van der Waals surface area contributed by atoms with Crippen LogP contribution in [0.3, 0.4) is 0 Å². The van der Waals surface area contributed by atoms with Crippen LogP contribution < -0.4 is 5.32 Å². The lowest BCUT2D eigenvalue weighted by molar-refractivity contribution is -0.131. The number of nitrogens with one attached hydrogen (secondary N) is 1. The molecule has 2 saturated heterocycles. The van der Waals surface area contributed by atoms with Crippen molar-refractivity contribution in [2.45, 2.75) is 32.2 Å². The Morgan fingerprint density at radius 2 is 1.75 bits per heavy atom. The van der Waals surface area contributed by atoms with Gasteiger partial charge >= 0.3 is 6.03 Å². The van der Waals surface area contributed by atoms with Crippen molar-refractivity contribution < 1.29 is 14.4 Å². The van der Waals surface area contributed by atoms with Gasteiger partial charge in [-0.1, -0.05) is 0 Å². The molecule has 0 aliphatic carbocycles. The average Bonchev–Trinajstić information content (AvgIpc) is 3.13. The van der Waals surface area contributed by atoms with E-state index in [0.717, 1.165) is 22.0 Å². The highest BCUT2D eigenvalue weighted by Gasteiger charge is 2.51. The molecule has 1 aromatic carbocycles. The summed E-state index contributed by atoms with van der Waals surface area (Å²) >= 11 is 0. The minimum atomic E-state index is -0.859. The molecule has 4 amide bonds. The average molecular weight is 381 g/mol. The molecule has 4 rings (SSSR count). The van der Waals surface area contributed by atoms with Crippen molar-refractivity contribution >= 4 is 17.8 Å². The molecule has 28 heavy (non-hydrogen) atoms. The van der Waals surface area contributed by atoms with E-state index in [0.29, 0.717) is 31.5 Å². The number of likely N-dealkylation sites (N-methyl/N-ethyl adjacent to an activating group) is 1. The second-order valence-corrected chi connectivity index (χ2v) is 7.55. The van der Waals surface area contributed by atoms with Crippen LogP contribution in [0.2, 0.25) is 0 Å². The van der Waals surface area contributed by atoms with Crippen LogP contribution in [0.25, 0.3) is 5.69 Å². The first kappa shape index (κ1) is 18.2. The standard InChI is InChI=1S/C20H23N5O3/c1-13-12-14(2)25(22-13)16-6-4-15(5-7-16)17(26)24-10-8-20(9-11-24)18(27)23(3)19(28)21-20/h4-7,12H,8-11H2,1-3H3,(H,21,28). The van der Waals surface area contributed by atoms with Crippen molar-refractivity contribution in [3.63, 3.8) is 0 Å². The number of hydrogen-bond acceptors (Lipinski definition) is 4. The van der Waals surface area contributed by atoms with Crippen LogP contribution in [0.4, 0.5) is 4.79 Å².